The van der Waals surface area contributed by atoms with E-state index in [0.29, 0.717) is 23.1 Å². The fraction of sp³-hybridized carbons (Fsp3) is 0.389. The lowest BCUT2D eigenvalue weighted by Crippen LogP contribution is -2.45. The number of carbonyl (C=O) groups excluding carboxylic acids is 2. The molecular formula is C18H22ClN3O3. The predicted octanol–water partition coefficient (Wildman–Crippen LogP) is 2.96. The highest BCUT2D eigenvalue weighted by molar-refractivity contribution is 6.33. The second-order valence-electron chi connectivity index (χ2n) is 6.67. The average molecular weight is 364 g/mol. The molecule has 0 aliphatic heterocycles. The molecule has 25 heavy (non-hydrogen) atoms. The second kappa shape index (κ2) is 8.16. The maximum absolute atomic E-state index is 11.8. The van der Waals surface area contributed by atoms with E-state index in [1.54, 1.807) is 12.3 Å². The number of amides is 2. The van der Waals surface area contributed by atoms with Gasteiger partial charge in [-0.2, -0.15) is 0 Å². The molecule has 134 valence electrons. The molecule has 0 atom stereocenters. The first-order chi connectivity index (χ1) is 11.7. The summed E-state index contributed by atoms with van der Waals surface area (Å²) in [6.45, 7) is 5.59. The molecule has 0 radical (unpaired) electrons. The molecule has 0 unspecified atom stereocenters. The van der Waals surface area contributed by atoms with Crippen LogP contribution in [-0.4, -0.2) is 28.9 Å². The number of nitrogens with one attached hydrogen (secondary N) is 2. The smallest absolute Gasteiger partial charge is 0.239 e. The summed E-state index contributed by atoms with van der Waals surface area (Å²) in [7, 11) is 0. The number of rotatable bonds is 6. The molecule has 0 saturated heterocycles. The largest absolute Gasteiger partial charge is 0.441 e. The highest BCUT2D eigenvalue weighted by atomic mass is 35.5. The minimum absolute atomic E-state index is 0.0490. The van der Waals surface area contributed by atoms with Crippen molar-refractivity contribution in [2.24, 2.45) is 0 Å². The molecule has 2 N–H and O–H groups in total. The van der Waals surface area contributed by atoms with Gasteiger partial charge in [0.15, 0.2) is 11.7 Å². The van der Waals surface area contributed by atoms with Gasteiger partial charge in [-0.3, -0.25) is 9.59 Å². The number of aryl methyl sites for hydroxylation is 1. The number of hydrogen-bond donors (Lipinski definition) is 2. The van der Waals surface area contributed by atoms with Gasteiger partial charge in [-0.25, -0.2) is 4.98 Å². The molecule has 1 heterocycles. The van der Waals surface area contributed by atoms with Crippen LogP contribution in [0.3, 0.4) is 0 Å². The van der Waals surface area contributed by atoms with Crippen molar-refractivity contribution in [2.75, 3.05) is 6.54 Å². The van der Waals surface area contributed by atoms with Crippen LogP contribution < -0.4 is 10.6 Å². The molecule has 0 fully saturated rings. The lowest BCUT2D eigenvalue weighted by Gasteiger charge is -2.20. The third-order valence-electron chi connectivity index (χ3n) is 3.22. The third-order valence-corrected chi connectivity index (χ3v) is 3.55. The van der Waals surface area contributed by atoms with E-state index in [9.17, 15) is 9.59 Å². The maximum Gasteiger partial charge on any atom is 0.239 e. The van der Waals surface area contributed by atoms with Gasteiger partial charge in [-0.1, -0.05) is 23.7 Å². The summed E-state index contributed by atoms with van der Waals surface area (Å²) in [5.41, 5.74) is 0.431. The van der Waals surface area contributed by atoms with E-state index >= 15 is 0 Å². The van der Waals surface area contributed by atoms with Crippen LogP contribution in [0.4, 0.5) is 0 Å². The van der Waals surface area contributed by atoms with E-state index in [4.69, 9.17) is 16.0 Å². The fourth-order valence-corrected chi connectivity index (χ4v) is 2.39. The molecule has 0 saturated carbocycles. The SMILES string of the molecule is CC(C)(C)NC(=O)CNC(=O)CCc1ncc(-c2ccccc2Cl)o1. The monoisotopic (exact) mass is 363 g/mol. The van der Waals surface area contributed by atoms with E-state index in [2.05, 4.69) is 15.6 Å². The summed E-state index contributed by atoms with van der Waals surface area (Å²) in [6, 6.07) is 7.31. The molecule has 1 aromatic carbocycles. The summed E-state index contributed by atoms with van der Waals surface area (Å²) >= 11 is 6.12. The van der Waals surface area contributed by atoms with E-state index in [1.165, 1.54) is 0 Å². The predicted molar refractivity (Wildman–Crippen MR) is 96.2 cm³/mol. The van der Waals surface area contributed by atoms with Crippen molar-refractivity contribution in [3.05, 3.63) is 41.4 Å². The number of hydrogen-bond acceptors (Lipinski definition) is 4. The van der Waals surface area contributed by atoms with Crippen molar-refractivity contribution in [3.8, 4) is 11.3 Å². The van der Waals surface area contributed by atoms with Crippen molar-refractivity contribution in [1.29, 1.82) is 0 Å². The van der Waals surface area contributed by atoms with Gasteiger partial charge in [0.2, 0.25) is 11.8 Å². The number of aromatic nitrogens is 1. The Bertz CT molecular complexity index is 750. The van der Waals surface area contributed by atoms with Crippen molar-refractivity contribution in [1.82, 2.24) is 15.6 Å². The highest BCUT2D eigenvalue weighted by Gasteiger charge is 2.15. The first kappa shape index (κ1) is 19.0. The van der Waals surface area contributed by atoms with E-state index in [1.807, 2.05) is 39.0 Å². The normalized spacial score (nSPS) is 11.2. The zero-order valence-corrected chi connectivity index (χ0v) is 15.3. The zero-order valence-electron chi connectivity index (χ0n) is 14.6. The van der Waals surface area contributed by atoms with Gasteiger partial charge >= 0.3 is 0 Å². The van der Waals surface area contributed by atoms with E-state index < -0.39 is 0 Å². The highest BCUT2D eigenvalue weighted by Crippen LogP contribution is 2.28. The Morgan fingerprint density at radius 3 is 2.60 bits per heavy atom. The number of nitrogens with zero attached hydrogens (tertiary/aromatic N) is 1. The molecule has 1 aromatic heterocycles. The lowest BCUT2D eigenvalue weighted by atomic mass is 10.1. The van der Waals surface area contributed by atoms with Crippen LogP contribution in [-0.2, 0) is 16.0 Å². The van der Waals surface area contributed by atoms with Gasteiger partial charge in [-0.15, -0.1) is 0 Å². The van der Waals surface area contributed by atoms with Crippen LogP contribution in [0.1, 0.15) is 33.1 Å². The van der Waals surface area contributed by atoms with Crippen LogP contribution in [0.2, 0.25) is 5.02 Å². The Labute approximate surface area is 152 Å². The second-order valence-corrected chi connectivity index (χ2v) is 7.08. The molecule has 7 heteroatoms. The zero-order chi connectivity index (χ0) is 18.4. The van der Waals surface area contributed by atoms with Crippen LogP contribution in [0.5, 0.6) is 0 Å². The van der Waals surface area contributed by atoms with Crippen molar-refractivity contribution in [2.45, 2.75) is 39.2 Å². The van der Waals surface area contributed by atoms with Gasteiger partial charge in [0, 0.05) is 23.9 Å². The van der Waals surface area contributed by atoms with Crippen LogP contribution >= 0.6 is 11.6 Å². The molecule has 6 nitrogen and oxygen atoms in total. The Morgan fingerprint density at radius 1 is 1.20 bits per heavy atom. The minimum atomic E-state index is -0.324. The molecule has 0 aliphatic rings. The Hall–Kier alpha value is -2.34. The van der Waals surface area contributed by atoms with Gasteiger partial charge in [0.05, 0.1) is 17.8 Å². The standard InChI is InChI=1S/C18H22ClN3O3/c1-18(2,3)22-16(24)11-20-15(23)8-9-17-21-10-14(25-17)12-6-4-5-7-13(12)19/h4-7,10H,8-9,11H2,1-3H3,(H,20,23)(H,22,24). The fourth-order valence-electron chi connectivity index (χ4n) is 2.16. The quantitative estimate of drug-likeness (QED) is 0.826. The average Bonchev–Trinajstić information content (AvgIpc) is 2.98. The van der Waals surface area contributed by atoms with Gasteiger partial charge in [0.1, 0.15) is 0 Å². The van der Waals surface area contributed by atoms with Crippen LogP contribution in [0, 0.1) is 0 Å². The molecular weight excluding hydrogens is 342 g/mol. The van der Waals surface area contributed by atoms with Gasteiger partial charge in [0.25, 0.3) is 0 Å². The van der Waals surface area contributed by atoms with Gasteiger partial charge in [-0.05, 0) is 32.9 Å². The summed E-state index contributed by atoms with van der Waals surface area (Å²) in [5.74, 6) is 0.550. The topological polar surface area (TPSA) is 84.2 Å². The number of halogens is 1. The number of benzene rings is 1. The first-order valence-corrected chi connectivity index (χ1v) is 8.40. The molecule has 0 aliphatic carbocycles. The molecule has 2 rings (SSSR count). The van der Waals surface area contributed by atoms with Crippen molar-refractivity contribution in [3.63, 3.8) is 0 Å². The Kier molecular flexibility index (Phi) is 6.20. The summed E-state index contributed by atoms with van der Waals surface area (Å²) in [4.78, 5) is 27.7. The Balaban J connectivity index is 1.81. The molecule has 2 amide bonds. The van der Waals surface area contributed by atoms with Crippen LogP contribution in [0.25, 0.3) is 11.3 Å². The Morgan fingerprint density at radius 2 is 1.92 bits per heavy atom. The van der Waals surface area contributed by atoms with E-state index in [0.717, 1.165) is 5.56 Å². The van der Waals surface area contributed by atoms with Crippen molar-refractivity contribution < 1.29 is 14.0 Å². The minimum Gasteiger partial charge on any atom is -0.441 e. The third kappa shape index (κ3) is 6.23. The van der Waals surface area contributed by atoms with Crippen molar-refractivity contribution >= 4 is 23.4 Å². The summed E-state index contributed by atoms with van der Waals surface area (Å²) in [5, 5.41) is 5.94. The molecule has 0 spiro atoms. The lowest BCUT2D eigenvalue weighted by molar-refractivity contribution is -0.126. The van der Waals surface area contributed by atoms with Gasteiger partial charge < -0.3 is 15.1 Å². The number of oxazole rings is 1. The number of carbonyl (C=O) groups is 2. The maximum atomic E-state index is 11.8. The first-order valence-electron chi connectivity index (χ1n) is 8.02. The molecule has 2 aromatic rings. The molecule has 0 bridgehead atoms. The summed E-state index contributed by atoms with van der Waals surface area (Å²) < 4.78 is 5.64. The van der Waals surface area contributed by atoms with Crippen LogP contribution in [0.15, 0.2) is 34.9 Å². The summed E-state index contributed by atoms with van der Waals surface area (Å²) in [6.07, 6.45) is 2.12. The van der Waals surface area contributed by atoms with E-state index in [-0.39, 0.29) is 30.3 Å².